The third-order valence-electron chi connectivity index (χ3n) is 2.33. The quantitative estimate of drug-likeness (QED) is 0.388. The number of carbonyl (C=O) groups excluding carboxylic acids is 1. The summed E-state index contributed by atoms with van der Waals surface area (Å²) >= 11 is 10.8. The summed E-state index contributed by atoms with van der Waals surface area (Å²) in [5.41, 5.74) is 0. The lowest BCUT2D eigenvalue weighted by molar-refractivity contribution is 0.234. The minimum absolute atomic E-state index is 0.555. The van der Waals surface area contributed by atoms with Crippen molar-refractivity contribution < 1.29 is 4.79 Å². The van der Waals surface area contributed by atoms with Crippen molar-refractivity contribution in [1.82, 2.24) is 4.42 Å². The fraction of sp³-hybridized carbons (Fsp3) is 0.875. The minimum Gasteiger partial charge on any atom is -0.254 e. The van der Waals surface area contributed by atoms with Crippen LogP contribution in [0, 0.1) is 5.92 Å². The summed E-state index contributed by atoms with van der Waals surface area (Å²) in [7, 11) is 0. The van der Waals surface area contributed by atoms with Crippen LogP contribution in [0.3, 0.4) is 0 Å². The van der Waals surface area contributed by atoms with E-state index in [1.54, 1.807) is 0 Å². The molecule has 1 aliphatic carbocycles. The van der Waals surface area contributed by atoms with Gasteiger partial charge in [0.15, 0.2) is 0 Å². The maximum atomic E-state index is 10.6. The van der Waals surface area contributed by atoms with Crippen LogP contribution in [0.5, 0.6) is 0 Å². The van der Waals surface area contributed by atoms with Crippen molar-refractivity contribution in [3.8, 4) is 0 Å². The van der Waals surface area contributed by atoms with Gasteiger partial charge in [0.05, 0.1) is 0 Å². The standard InChI is InChI=1S/C8H13Cl2NO/c9-8(12)11(10)6-7-4-2-1-3-5-7/h7H,1-6H2. The summed E-state index contributed by atoms with van der Waals surface area (Å²) in [6, 6.07) is 0. The molecule has 0 aliphatic heterocycles. The van der Waals surface area contributed by atoms with Gasteiger partial charge in [-0.3, -0.25) is 4.79 Å². The van der Waals surface area contributed by atoms with Gasteiger partial charge in [-0.25, -0.2) is 4.42 Å². The van der Waals surface area contributed by atoms with Gasteiger partial charge >= 0.3 is 5.37 Å². The summed E-state index contributed by atoms with van der Waals surface area (Å²) in [4.78, 5) is 10.6. The first-order valence-electron chi connectivity index (χ1n) is 4.33. The van der Waals surface area contributed by atoms with Crippen LogP contribution < -0.4 is 0 Å². The van der Waals surface area contributed by atoms with Gasteiger partial charge in [-0.2, -0.15) is 0 Å². The molecule has 0 radical (unpaired) electrons. The third-order valence-corrected chi connectivity index (χ3v) is 2.92. The molecular weight excluding hydrogens is 197 g/mol. The first-order chi connectivity index (χ1) is 5.70. The molecule has 1 saturated carbocycles. The molecule has 0 N–H and O–H groups in total. The Balaban J connectivity index is 2.24. The lowest BCUT2D eigenvalue weighted by Gasteiger charge is -2.23. The topological polar surface area (TPSA) is 20.3 Å². The molecule has 12 heavy (non-hydrogen) atoms. The highest BCUT2D eigenvalue weighted by molar-refractivity contribution is 6.65. The zero-order valence-corrected chi connectivity index (χ0v) is 8.44. The second-order valence-corrected chi connectivity index (χ2v) is 4.03. The van der Waals surface area contributed by atoms with E-state index in [1.807, 2.05) is 0 Å². The highest BCUT2D eigenvalue weighted by atomic mass is 35.5. The Morgan fingerprint density at radius 3 is 2.42 bits per heavy atom. The normalized spacial score (nSPS) is 19.2. The van der Waals surface area contributed by atoms with E-state index in [1.165, 1.54) is 32.1 Å². The van der Waals surface area contributed by atoms with E-state index in [0.717, 1.165) is 4.42 Å². The van der Waals surface area contributed by atoms with Crippen molar-refractivity contribution in [3.05, 3.63) is 0 Å². The fourth-order valence-electron chi connectivity index (χ4n) is 1.67. The number of halogens is 2. The predicted octanol–water partition coefficient (Wildman–Crippen LogP) is 3.38. The maximum Gasteiger partial charge on any atom is 0.330 e. The summed E-state index contributed by atoms with van der Waals surface area (Å²) in [6.07, 6.45) is 6.17. The van der Waals surface area contributed by atoms with Gasteiger partial charge in [-0.15, -0.1) is 0 Å². The van der Waals surface area contributed by atoms with E-state index in [0.29, 0.717) is 12.5 Å². The molecule has 1 aliphatic rings. The van der Waals surface area contributed by atoms with Crippen LogP contribution in [0.25, 0.3) is 0 Å². The highest BCUT2D eigenvalue weighted by Gasteiger charge is 2.18. The first kappa shape index (κ1) is 10.1. The van der Waals surface area contributed by atoms with Crippen LogP contribution in [-0.4, -0.2) is 16.3 Å². The van der Waals surface area contributed by atoms with Crippen LogP contribution >= 0.6 is 23.4 Å². The van der Waals surface area contributed by atoms with E-state index >= 15 is 0 Å². The molecule has 1 rings (SSSR count). The number of carbonyl (C=O) groups is 1. The van der Waals surface area contributed by atoms with Gasteiger partial charge in [0, 0.05) is 18.3 Å². The average molecular weight is 210 g/mol. The molecule has 1 fully saturated rings. The van der Waals surface area contributed by atoms with E-state index in [9.17, 15) is 4.79 Å². The van der Waals surface area contributed by atoms with E-state index < -0.39 is 5.37 Å². The molecule has 0 atom stereocenters. The minimum atomic E-state index is -0.567. The molecule has 4 heteroatoms. The number of hydrogen-bond acceptors (Lipinski definition) is 1. The van der Waals surface area contributed by atoms with Crippen molar-refractivity contribution >= 4 is 28.7 Å². The van der Waals surface area contributed by atoms with Crippen molar-refractivity contribution in [3.63, 3.8) is 0 Å². The Hall–Kier alpha value is 0.0500. The predicted molar refractivity (Wildman–Crippen MR) is 50.4 cm³/mol. The summed E-state index contributed by atoms with van der Waals surface area (Å²) < 4.78 is 1.08. The van der Waals surface area contributed by atoms with Crippen LogP contribution in [0.15, 0.2) is 0 Å². The Kier molecular flexibility index (Phi) is 4.16. The molecule has 0 aromatic rings. The SMILES string of the molecule is O=C(Cl)N(Cl)CC1CCCCC1. The van der Waals surface area contributed by atoms with Gasteiger partial charge < -0.3 is 0 Å². The maximum absolute atomic E-state index is 10.6. The van der Waals surface area contributed by atoms with Crippen molar-refractivity contribution in [2.75, 3.05) is 6.54 Å². The number of nitrogens with zero attached hydrogens (tertiary/aromatic N) is 1. The van der Waals surface area contributed by atoms with Crippen LogP contribution in [0.4, 0.5) is 4.79 Å². The molecular formula is C8H13Cl2NO. The lowest BCUT2D eigenvalue weighted by atomic mass is 9.89. The highest BCUT2D eigenvalue weighted by Crippen LogP contribution is 2.25. The number of amides is 1. The van der Waals surface area contributed by atoms with Crippen LogP contribution in [0.1, 0.15) is 32.1 Å². The number of hydrogen-bond donors (Lipinski definition) is 0. The Morgan fingerprint density at radius 2 is 1.92 bits per heavy atom. The molecule has 0 spiro atoms. The second-order valence-electron chi connectivity index (χ2n) is 3.30. The molecule has 1 amide bonds. The summed E-state index contributed by atoms with van der Waals surface area (Å²) in [5.74, 6) is 0.555. The summed E-state index contributed by atoms with van der Waals surface area (Å²) in [6.45, 7) is 0.601. The van der Waals surface area contributed by atoms with Crippen LogP contribution in [0.2, 0.25) is 0 Å². The van der Waals surface area contributed by atoms with Crippen molar-refractivity contribution in [2.45, 2.75) is 32.1 Å². The first-order valence-corrected chi connectivity index (χ1v) is 5.04. The molecule has 0 bridgehead atoms. The molecule has 70 valence electrons. The van der Waals surface area contributed by atoms with E-state index in [4.69, 9.17) is 23.4 Å². The van der Waals surface area contributed by atoms with Crippen LogP contribution in [-0.2, 0) is 0 Å². The lowest BCUT2D eigenvalue weighted by Crippen LogP contribution is -2.24. The Morgan fingerprint density at radius 1 is 1.33 bits per heavy atom. The molecule has 0 heterocycles. The zero-order valence-electron chi connectivity index (χ0n) is 6.93. The molecule has 0 aromatic carbocycles. The number of rotatable bonds is 2. The zero-order chi connectivity index (χ0) is 8.97. The molecule has 0 saturated heterocycles. The third kappa shape index (κ3) is 3.20. The average Bonchev–Trinajstić information content (AvgIpc) is 2.06. The van der Waals surface area contributed by atoms with Gasteiger partial charge in [0.1, 0.15) is 0 Å². The van der Waals surface area contributed by atoms with Gasteiger partial charge in [0.2, 0.25) is 0 Å². The van der Waals surface area contributed by atoms with Gasteiger partial charge in [-0.1, -0.05) is 19.3 Å². The second kappa shape index (κ2) is 4.93. The summed E-state index contributed by atoms with van der Waals surface area (Å²) in [5, 5.41) is -0.567. The Labute approximate surface area is 82.9 Å². The van der Waals surface area contributed by atoms with E-state index in [2.05, 4.69) is 0 Å². The fourth-order valence-corrected chi connectivity index (χ4v) is 1.93. The van der Waals surface area contributed by atoms with Gasteiger partial charge in [-0.05, 0) is 30.4 Å². The largest absolute Gasteiger partial charge is 0.330 e. The van der Waals surface area contributed by atoms with Crippen molar-refractivity contribution in [2.24, 2.45) is 5.92 Å². The van der Waals surface area contributed by atoms with E-state index in [-0.39, 0.29) is 0 Å². The monoisotopic (exact) mass is 209 g/mol. The smallest absolute Gasteiger partial charge is 0.254 e. The molecule has 0 aromatic heterocycles. The Bertz CT molecular complexity index is 157. The van der Waals surface area contributed by atoms with Gasteiger partial charge in [0.25, 0.3) is 0 Å². The van der Waals surface area contributed by atoms with Crippen molar-refractivity contribution in [1.29, 1.82) is 0 Å². The molecule has 2 nitrogen and oxygen atoms in total. The molecule has 0 unspecified atom stereocenters.